The molecule has 1 fully saturated rings. The van der Waals surface area contributed by atoms with Crippen LogP contribution in [0.5, 0.6) is 0 Å². The molecule has 3 unspecified atom stereocenters. The van der Waals surface area contributed by atoms with Gasteiger partial charge in [0.15, 0.2) is 0 Å². The Morgan fingerprint density at radius 1 is 1.15 bits per heavy atom. The number of rotatable bonds is 9. The molecule has 1 aromatic rings. The molecule has 0 amide bonds. The molecule has 0 saturated heterocycles. The maximum absolute atomic E-state index is 10.2. The van der Waals surface area contributed by atoms with Crippen LogP contribution in [0.4, 0.5) is 0 Å². The lowest BCUT2D eigenvalue weighted by molar-refractivity contribution is 0.127. The van der Waals surface area contributed by atoms with E-state index in [1.807, 2.05) is 0 Å². The highest BCUT2D eigenvalue weighted by Gasteiger charge is 2.25. The zero-order valence-electron chi connectivity index (χ0n) is 16.5. The summed E-state index contributed by atoms with van der Waals surface area (Å²) in [5.74, 6) is 1.89. The van der Waals surface area contributed by atoms with E-state index >= 15 is 0 Å². The van der Waals surface area contributed by atoms with Gasteiger partial charge in [-0.2, -0.15) is 0 Å². The number of allylic oxidation sites excluding steroid dienone is 3. The minimum atomic E-state index is -0.371. The van der Waals surface area contributed by atoms with E-state index in [-0.39, 0.29) is 17.8 Å². The normalized spacial score (nSPS) is 22.0. The van der Waals surface area contributed by atoms with E-state index in [1.165, 1.54) is 31.2 Å². The predicted molar refractivity (Wildman–Crippen MR) is 110 cm³/mol. The molecule has 2 N–H and O–H groups in total. The predicted octanol–water partition coefficient (Wildman–Crippen LogP) is 6.84. The number of hydrogen-bond acceptors (Lipinski definition) is 2. The van der Waals surface area contributed by atoms with Crippen molar-refractivity contribution in [2.24, 2.45) is 11.8 Å². The van der Waals surface area contributed by atoms with Crippen LogP contribution in [-0.4, -0.2) is 10.2 Å². The molecule has 2 heteroatoms. The Balaban J connectivity index is 1.93. The largest absolute Gasteiger partial charge is 0.513 e. The first-order valence-corrected chi connectivity index (χ1v) is 10.3. The number of aliphatic hydroxyl groups is 2. The third kappa shape index (κ3) is 6.32. The Morgan fingerprint density at radius 3 is 2.50 bits per heavy atom. The van der Waals surface area contributed by atoms with E-state index in [2.05, 4.69) is 56.8 Å². The second kappa shape index (κ2) is 10.6. The van der Waals surface area contributed by atoms with Gasteiger partial charge in [-0.1, -0.05) is 69.7 Å². The van der Waals surface area contributed by atoms with Gasteiger partial charge >= 0.3 is 0 Å². The quantitative estimate of drug-likeness (QED) is 0.289. The van der Waals surface area contributed by atoms with Crippen molar-refractivity contribution >= 4 is 0 Å². The van der Waals surface area contributed by atoms with Crippen molar-refractivity contribution in [1.29, 1.82) is 0 Å². The van der Waals surface area contributed by atoms with Crippen LogP contribution in [0.1, 0.15) is 88.4 Å². The van der Waals surface area contributed by atoms with Gasteiger partial charge in [-0.3, -0.25) is 0 Å². The summed E-state index contributed by atoms with van der Waals surface area (Å²) in [6, 6.07) is 8.70. The lowest BCUT2D eigenvalue weighted by Gasteiger charge is -2.31. The second-order valence-electron chi connectivity index (χ2n) is 8.17. The molecule has 0 aromatic heterocycles. The fourth-order valence-electron chi connectivity index (χ4n) is 4.07. The molecule has 1 saturated carbocycles. The second-order valence-corrected chi connectivity index (χ2v) is 8.17. The Hall–Kier alpha value is -1.54. The molecular weight excluding hydrogens is 320 g/mol. The highest BCUT2D eigenvalue weighted by atomic mass is 16.3. The molecule has 26 heavy (non-hydrogen) atoms. The van der Waals surface area contributed by atoms with Crippen molar-refractivity contribution in [3.05, 3.63) is 59.9 Å². The summed E-state index contributed by atoms with van der Waals surface area (Å²) in [6.07, 6.45) is 13.3. The van der Waals surface area contributed by atoms with E-state index in [9.17, 15) is 5.11 Å². The fraction of sp³-hybridized carbons (Fsp3) is 0.583. The van der Waals surface area contributed by atoms with Crippen molar-refractivity contribution in [2.75, 3.05) is 0 Å². The first kappa shape index (κ1) is 20.8. The van der Waals surface area contributed by atoms with E-state index in [0.717, 1.165) is 24.8 Å². The number of unbranched alkanes of at least 4 members (excludes halogenated alkanes) is 1. The molecule has 0 radical (unpaired) electrons. The number of aliphatic hydroxyl groups excluding tert-OH is 2. The van der Waals surface area contributed by atoms with Gasteiger partial charge in [-0.15, -0.1) is 0 Å². The van der Waals surface area contributed by atoms with Crippen LogP contribution in [-0.2, 0) is 0 Å². The molecule has 2 nitrogen and oxygen atoms in total. The van der Waals surface area contributed by atoms with E-state index in [0.29, 0.717) is 18.3 Å². The van der Waals surface area contributed by atoms with E-state index < -0.39 is 0 Å². The Morgan fingerprint density at radius 2 is 1.85 bits per heavy atom. The lowest BCUT2D eigenvalue weighted by atomic mass is 9.74. The van der Waals surface area contributed by atoms with Crippen molar-refractivity contribution in [3.63, 3.8) is 0 Å². The van der Waals surface area contributed by atoms with Crippen molar-refractivity contribution in [3.8, 4) is 0 Å². The van der Waals surface area contributed by atoms with Gasteiger partial charge in [-0.25, -0.2) is 0 Å². The van der Waals surface area contributed by atoms with Crippen molar-refractivity contribution < 1.29 is 10.2 Å². The summed E-state index contributed by atoms with van der Waals surface area (Å²) in [5.41, 5.74) is 2.46. The average molecular weight is 357 g/mol. The summed E-state index contributed by atoms with van der Waals surface area (Å²) < 4.78 is 0. The van der Waals surface area contributed by atoms with Crippen LogP contribution in [0, 0.1) is 11.8 Å². The summed E-state index contributed by atoms with van der Waals surface area (Å²) in [7, 11) is 0. The molecule has 0 heterocycles. The molecule has 0 bridgehead atoms. The zero-order chi connectivity index (χ0) is 18.9. The summed E-state index contributed by atoms with van der Waals surface area (Å²) in [4.78, 5) is 0. The van der Waals surface area contributed by atoms with Crippen LogP contribution in [0.25, 0.3) is 0 Å². The van der Waals surface area contributed by atoms with Gasteiger partial charge in [0, 0.05) is 6.42 Å². The monoisotopic (exact) mass is 356 g/mol. The third-order valence-corrected chi connectivity index (χ3v) is 5.69. The van der Waals surface area contributed by atoms with Crippen molar-refractivity contribution in [2.45, 2.75) is 77.2 Å². The highest BCUT2D eigenvalue weighted by Crippen LogP contribution is 2.40. The van der Waals surface area contributed by atoms with Crippen LogP contribution in [0.3, 0.4) is 0 Å². The first-order valence-electron chi connectivity index (χ1n) is 10.3. The number of benzene rings is 1. The van der Waals surface area contributed by atoms with Gasteiger partial charge < -0.3 is 10.2 Å². The minimum Gasteiger partial charge on any atom is -0.513 e. The fourth-order valence-corrected chi connectivity index (χ4v) is 4.07. The summed E-state index contributed by atoms with van der Waals surface area (Å²) in [6.45, 7) is 7.64. The molecule has 3 atom stereocenters. The number of hydrogen-bond donors (Lipinski definition) is 2. The van der Waals surface area contributed by atoms with Gasteiger partial charge in [0.25, 0.3) is 0 Å². The SMILES string of the molecule is C=C(O)CCC/C=C\CC1CCCCC1c1ccc(C(O)C(C)C)cc1. The molecule has 2 rings (SSSR count). The standard InChI is InChI=1S/C24H36O2/c1-18(2)24(26)22-16-14-21(15-17-22)23-13-9-8-12-20(23)11-7-5-4-6-10-19(3)25/h5,7,14-18,20,23-26H,3-4,6,8-13H2,1-2H3/b7-5-. The molecule has 144 valence electrons. The van der Waals surface area contributed by atoms with Gasteiger partial charge in [0.05, 0.1) is 11.9 Å². The summed E-state index contributed by atoms with van der Waals surface area (Å²) >= 11 is 0. The Labute approximate surface area is 159 Å². The van der Waals surface area contributed by atoms with Gasteiger partial charge in [0.2, 0.25) is 0 Å². The van der Waals surface area contributed by atoms with Crippen LogP contribution in [0.2, 0.25) is 0 Å². The molecule has 1 aromatic carbocycles. The third-order valence-electron chi connectivity index (χ3n) is 5.69. The summed E-state index contributed by atoms with van der Waals surface area (Å²) in [5, 5.41) is 19.4. The maximum Gasteiger partial charge on any atom is 0.0851 e. The molecule has 0 spiro atoms. The van der Waals surface area contributed by atoms with Crippen LogP contribution < -0.4 is 0 Å². The minimum absolute atomic E-state index is 0.247. The molecule has 1 aliphatic carbocycles. The molecule has 1 aliphatic rings. The topological polar surface area (TPSA) is 40.5 Å². The average Bonchev–Trinajstić information content (AvgIpc) is 2.64. The van der Waals surface area contributed by atoms with Crippen LogP contribution >= 0.6 is 0 Å². The smallest absolute Gasteiger partial charge is 0.0851 e. The zero-order valence-corrected chi connectivity index (χ0v) is 16.5. The molecular formula is C24H36O2. The van der Waals surface area contributed by atoms with E-state index in [4.69, 9.17) is 5.11 Å². The van der Waals surface area contributed by atoms with Crippen molar-refractivity contribution in [1.82, 2.24) is 0 Å². The Bertz CT molecular complexity index is 570. The highest BCUT2D eigenvalue weighted by molar-refractivity contribution is 5.28. The first-order chi connectivity index (χ1) is 12.5. The maximum atomic E-state index is 10.2. The molecule has 0 aliphatic heterocycles. The Kier molecular flexibility index (Phi) is 8.44. The van der Waals surface area contributed by atoms with Crippen LogP contribution in [0.15, 0.2) is 48.8 Å². The van der Waals surface area contributed by atoms with E-state index in [1.54, 1.807) is 0 Å². The lowest BCUT2D eigenvalue weighted by Crippen LogP contribution is -2.17. The van der Waals surface area contributed by atoms with Gasteiger partial charge in [0.1, 0.15) is 0 Å². The van der Waals surface area contributed by atoms with Gasteiger partial charge in [-0.05, 0) is 61.0 Å².